The number of rotatable bonds is 1. The first-order chi connectivity index (χ1) is 6.04. The van der Waals surface area contributed by atoms with E-state index in [0.29, 0.717) is 18.4 Å². The van der Waals surface area contributed by atoms with E-state index in [1.807, 2.05) is 13.8 Å². The summed E-state index contributed by atoms with van der Waals surface area (Å²) in [6, 6.07) is 3.19. The summed E-state index contributed by atoms with van der Waals surface area (Å²) in [4.78, 5) is 0. The Hall–Kier alpha value is -0.890. The predicted molar refractivity (Wildman–Crippen MR) is 49.0 cm³/mol. The average Bonchev–Trinajstić information content (AvgIpc) is 2.78. The Bertz CT molecular complexity index is 353. The van der Waals surface area contributed by atoms with Crippen LogP contribution in [0.1, 0.15) is 29.5 Å². The number of aryl methyl sites for hydroxylation is 1. The monoisotopic (exact) mass is 180 g/mol. The van der Waals surface area contributed by atoms with Gasteiger partial charge in [0.05, 0.1) is 5.60 Å². The summed E-state index contributed by atoms with van der Waals surface area (Å²) in [5.74, 6) is -0.275. The molecule has 1 saturated carbocycles. The molecule has 0 radical (unpaired) electrons. The topological polar surface area (TPSA) is 20.2 Å². The molecule has 0 heterocycles. The largest absolute Gasteiger partial charge is 0.385 e. The first-order valence-corrected chi connectivity index (χ1v) is 4.53. The van der Waals surface area contributed by atoms with Gasteiger partial charge in [-0.15, -0.1) is 0 Å². The standard InChI is InChI=1S/C11H13FO/c1-7-3-4-9(12)10(8(7)2)11(13)5-6-11/h3-4,13H,5-6H2,1-2H3. The molecule has 1 aliphatic carbocycles. The normalized spacial score (nSPS) is 18.8. The molecule has 0 amide bonds. The maximum absolute atomic E-state index is 13.4. The fourth-order valence-electron chi connectivity index (χ4n) is 1.72. The lowest BCUT2D eigenvalue weighted by Crippen LogP contribution is -2.10. The summed E-state index contributed by atoms with van der Waals surface area (Å²) in [6.45, 7) is 3.80. The van der Waals surface area contributed by atoms with Crippen molar-refractivity contribution < 1.29 is 9.50 Å². The molecule has 1 fully saturated rings. The molecule has 1 N–H and O–H groups in total. The maximum atomic E-state index is 13.4. The SMILES string of the molecule is Cc1ccc(F)c(C2(O)CC2)c1C. The van der Waals surface area contributed by atoms with E-state index < -0.39 is 5.60 Å². The van der Waals surface area contributed by atoms with Gasteiger partial charge in [-0.1, -0.05) is 6.07 Å². The van der Waals surface area contributed by atoms with Gasteiger partial charge in [-0.05, 0) is 43.9 Å². The van der Waals surface area contributed by atoms with Gasteiger partial charge in [0.25, 0.3) is 0 Å². The third-order valence-corrected chi connectivity index (χ3v) is 2.87. The minimum Gasteiger partial charge on any atom is -0.385 e. The summed E-state index contributed by atoms with van der Waals surface area (Å²) >= 11 is 0. The zero-order valence-electron chi connectivity index (χ0n) is 7.89. The highest BCUT2D eigenvalue weighted by atomic mass is 19.1. The van der Waals surface area contributed by atoms with Gasteiger partial charge < -0.3 is 5.11 Å². The molecule has 2 heteroatoms. The molecule has 0 bridgehead atoms. The molecule has 70 valence electrons. The van der Waals surface area contributed by atoms with Crippen molar-refractivity contribution in [1.29, 1.82) is 0 Å². The van der Waals surface area contributed by atoms with E-state index in [9.17, 15) is 9.50 Å². The van der Waals surface area contributed by atoms with Gasteiger partial charge in [0.1, 0.15) is 5.82 Å². The van der Waals surface area contributed by atoms with Crippen LogP contribution in [-0.4, -0.2) is 5.11 Å². The minimum atomic E-state index is -0.861. The number of hydrogen-bond acceptors (Lipinski definition) is 1. The van der Waals surface area contributed by atoms with E-state index in [4.69, 9.17) is 0 Å². The van der Waals surface area contributed by atoms with Crippen molar-refractivity contribution >= 4 is 0 Å². The summed E-state index contributed by atoms with van der Waals surface area (Å²) in [7, 11) is 0. The van der Waals surface area contributed by atoms with Crippen molar-refractivity contribution in [2.24, 2.45) is 0 Å². The van der Waals surface area contributed by atoms with Crippen LogP contribution in [0.2, 0.25) is 0 Å². The van der Waals surface area contributed by atoms with E-state index in [-0.39, 0.29) is 5.82 Å². The van der Waals surface area contributed by atoms with Crippen LogP contribution < -0.4 is 0 Å². The lowest BCUT2D eigenvalue weighted by atomic mass is 9.97. The average molecular weight is 180 g/mol. The number of halogens is 1. The van der Waals surface area contributed by atoms with Gasteiger partial charge in [-0.25, -0.2) is 4.39 Å². The Morgan fingerprint density at radius 1 is 1.31 bits per heavy atom. The van der Waals surface area contributed by atoms with Crippen molar-refractivity contribution in [2.75, 3.05) is 0 Å². The number of benzene rings is 1. The molecule has 1 nitrogen and oxygen atoms in total. The first-order valence-electron chi connectivity index (χ1n) is 4.53. The molecule has 1 aromatic rings. The van der Waals surface area contributed by atoms with Crippen LogP contribution in [0.25, 0.3) is 0 Å². The second-order valence-electron chi connectivity index (χ2n) is 3.90. The van der Waals surface area contributed by atoms with Crippen LogP contribution in [0.4, 0.5) is 4.39 Å². The second kappa shape index (κ2) is 2.55. The van der Waals surface area contributed by atoms with E-state index in [0.717, 1.165) is 11.1 Å². The van der Waals surface area contributed by atoms with Gasteiger partial charge in [0.2, 0.25) is 0 Å². The summed E-state index contributed by atoms with van der Waals surface area (Å²) in [6.07, 6.45) is 1.38. The lowest BCUT2D eigenvalue weighted by Gasteiger charge is -2.14. The summed E-state index contributed by atoms with van der Waals surface area (Å²) in [5, 5.41) is 9.85. The minimum absolute atomic E-state index is 0.275. The molecule has 0 saturated heterocycles. The smallest absolute Gasteiger partial charge is 0.129 e. The van der Waals surface area contributed by atoms with E-state index in [1.54, 1.807) is 6.07 Å². The van der Waals surface area contributed by atoms with Crippen LogP contribution in [0, 0.1) is 19.7 Å². The first kappa shape index (κ1) is 8.70. The van der Waals surface area contributed by atoms with Crippen LogP contribution in [0.15, 0.2) is 12.1 Å². The Morgan fingerprint density at radius 3 is 2.46 bits per heavy atom. The Balaban J connectivity index is 2.61. The molecule has 1 aromatic carbocycles. The summed E-state index contributed by atoms with van der Waals surface area (Å²) in [5.41, 5.74) is 1.57. The van der Waals surface area contributed by atoms with Crippen LogP contribution >= 0.6 is 0 Å². The highest BCUT2D eigenvalue weighted by Crippen LogP contribution is 2.47. The van der Waals surface area contributed by atoms with Gasteiger partial charge in [0.15, 0.2) is 0 Å². The molecule has 0 aromatic heterocycles. The summed E-state index contributed by atoms with van der Waals surface area (Å²) < 4.78 is 13.4. The van der Waals surface area contributed by atoms with Gasteiger partial charge in [-0.3, -0.25) is 0 Å². The second-order valence-corrected chi connectivity index (χ2v) is 3.90. The zero-order chi connectivity index (χ0) is 9.64. The van der Waals surface area contributed by atoms with Crippen molar-refractivity contribution in [2.45, 2.75) is 32.3 Å². The molecule has 1 aliphatic rings. The van der Waals surface area contributed by atoms with E-state index >= 15 is 0 Å². The van der Waals surface area contributed by atoms with Crippen LogP contribution in [0.5, 0.6) is 0 Å². The van der Waals surface area contributed by atoms with Crippen molar-refractivity contribution in [3.05, 3.63) is 34.6 Å². The predicted octanol–water partition coefficient (Wildman–Crippen LogP) is 2.42. The maximum Gasteiger partial charge on any atom is 0.129 e. The van der Waals surface area contributed by atoms with Gasteiger partial charge >= 0.3 is 0 Å². The van der Waals surface area contributed by atoms with Gasteiger partial charge in [0, 0.05) is 5.56 Å². The molecular formula is C11H13FO. The molecule has 0 spiro atoms. The van der Waals surface area contributed by atoms with Crippen molar-refractivity contribution in [3.63, 3.8) is 0 Å². The van der Waals surface area contributed by atoms with Crippen LogP contribution in [-0.2, 0) is 5.60 Å². The molecule has 2 rings (SSSR count). The Kier molecular flexibility index (Phi) is 1.70. The molecule has 0 aliphatic heterocycles. The fraction of sp³-hybridized carbons (Fsp3) is 0.455. The number of hydrogen-bond donors (Lipinski definition) is 1. The molecule has 0 atom stereocenters. The quantitative estimate of drug-likeness (QED) is 0.703. The molecular weight excluding hydrogens is 167 g/mol. The van der Waals surface area contributed by atoms with E-state index in [1.165, 1.54) is 6.07 Å². The number of aliphatic hydroxyl groups is 1. The lowest BCUT2D eigenvalue weighted by molar-refractivity contribution is 0.146. The van der Waals surface area contributed by atoms with E-state index in [2.05, 4.69) is 0 Å². The van der Waals surface area contributed by atoms with Gasteiger partial charge in [-0.2, -0.15) is 0 Å². The third-order valence-electron chi connectivity index (χ3n) is 2.87. The third kappa shape index (κ3) is 1.25. The Morgan fingerprint density at radius 2 is 1.92 bits per heavy atom. The van der Waals surface area contributed by atoms with Crippen molar-refractivity contribution in [3.8, 4) is 0 Å². The highest BCUT2D eigenvalue weighted by Gasteiger charge is 2.45. The molecule has 0 unspecified atom stereocenters. The van der Waals surface area contributed by atoms with Crippen molar-refractivity contribution in [1.82, 2.24) is 0 Å². The fourth-order valence-corrected chi connectivity index (χ4v) is 1.72. The van der Waals surface area contributed by atoms with Crippen LogP contribution in [0.3, 0.4) is 0 Å². The molecule has 13 heavy (non-hydrogen) atoms. The zero-order valence-corrected chi connectivity index (χ0v) is 7.89. The Labute approximate surface area is 77.2 Å². The highest BCUT2D eigenvalue weighted by molar-refractivity contribution is 5.40.